The first-order valence-corrected chi connectivity index (χ1v) is 5.43. The Morgan fingerprint density at radius 3 is 2.65 bits per heavy atom. The molecule has 5 heteroatoms. The quantitative estimate of drug-likeness (QED) is 0.804. The van der Waals surface area contributed by atoms with Crippen molar-refractivity contribution < 1.29 is 19.8 Å². The van der Waals surface area contributed by atoms with Crippen molar-refractivity contribution in [2.45, 2.75) is 18.9 Å². The molecule has 2 rings (SSSR count). The Balaban J connectivity index is 2.26. The SMILES string of the molecule is O=C(O)[C@@H]1CCCN1C(=O)c1ccccc1O. The summed E-state index contributed by atoms with van der Waals surface area (Å²) in [6.07, 6.45) is 1.14. The van der Waals surface area contributed by atoms with E-state index in [4.69, 9.17) is 5.11 Å². The van der Waals surface area contributed by atoms with Crippen molar-refractivity contribution in [1.82, 2.24) is 4.90 Å². The van der Waals surface area contributed by atoms with Gasteiger partial charge in [0.15, 0.2) is 0 Å². The molecular formula is C12H13NO4. The first-order valence-electron chi connectivity index (χ1n) is 5.43. The predicted octanol–water partition coefficient (Wildman–Crippen LogP) is 1.08. The van der Waals surface area contributed by atoms with Gasteiger partial charge in [-0.3, -0.25) is 4.79 Å². The Bertz CT molecular complexity index is 458. The predicted molar refractivity (Wildman–Crippen MR) is 59.8 cm³/mol. The highest BCUT2D eigenvalue weighted by Crippen LogP contribution is 2.24. The number of phenols is 1. The Morgan fingerprint density at radius 1 is 1.29 bits per heavy atom. The number of carbonyl (C=O) groups excluding carboxylic acids is 1. The number of nitrogens with zero attached hydrogens (tertiary/aromatic N) is 1. The molecule has 1 aromatic carbocycles. The average Bonchev–Trinajstić information content (AvgIpc) is 2.77. The number of amides is 1. The van der Waals surface area contributed by atoms with E-state index in [1.807, 2.05) is 0 Å². The molecule has 90 valence electrons. The maximum atomic E-state index is 12.1. The summed E-state index contributed by atoms with van der Waals surface area (Å²) in [7, 11) is 0. The number of carbonyl (C=O) groups is 2. The number of aromatic hydroxyl groups is 1. The molecule has 1 heterocycles. The second-order valence-electron chi connectivity index (χ2n) is 4.01. The lowest BCUT2D eigenvalue weighted by Crippen LogP contribution is -2.40. The van der Waals surface area contributed by atoms with Crippen LogP contribution in [0.5, 0.6) is 5.75 Å². The van der Waals surface area contributed by atoms with Gasteiger partial charge in [-0.05, 0) is 25.0 Å². The molecule has 1 aromatic rings. The van der Waals surface area contributed by atoms with E-state index in [2.05, 4.69) is 0 Å². The van der Waals surface area contributed by atoms with Crippen molar-refractivity contribution in [3.63, 3.8) is 0 Å². The van der Waals surface area contributed by atoms with Gasteiger partial charge in [-0.1, -0.05) is 12.1 Å². The molecular weight excluding hydrogens is 222 g/mol. The Kier molecular flexibility index (Phi) is 2.99. The summed E-state index contributed by atoms with van der Waals surface area (Å²) in [4.78, 5) is 24.4. The lowest BCUT2D eigenvalue weighted by molar-refractivity contribution is -0.141. The first kappa shape index (κ1) is 11.4. The molecule has 0 aromatic heterocycles. The van der Waals surface area contributed by atoms with E-state index < -0.39 is 17.9 Å². The topological polar surface area (TPSA) is 77.8 Å². The molecule has 1 amide bonds. The van der Waals surface area contributed by atoms with Crippen LogP contribution in [-0.4, -0.2) is 39.6 Å². The van der Waals surface area contributed by atoms with Crippen LogP contribution in [0.15, 0.2) is 24.3 Å². The van der Waals surface area contributed by atoms with Crippen LogP contribution in [-0.2, 0) is 4.79 Å². The molecule has 1 atom stereocenters. The van der Waals surface area contributed by atoms with Gasteiger partial charge < -0.3 is 15.1 Å². The number of phenolic OH excluding ortho intramolecular Hbond substituents is 1. The molecule has 1 aliphatic heterocycles. The fraction of sp³-hybridized carbons (Fsp3) is 0.333. The minimum atomic E-state index is -0.994. The van der Waals surface area contributed by atoms with E-state index in [0.29, 0.717) is 19.4 Å². The highest BCUT2D eigenvalue weighted by atomic mass is 16.4. The molecule has 0 spiro atoms. The molecule has 0 unspecified atom stereocenters. The van der Waals surface area contributed by atoms with E-state index >= 15 is 0 Å². The Morgan fingerprint density at radius 2 is 2.00 bits per heavy atom. The number of aliphatic carboxylic acids is 1. The summed E-state index contributed by atoms with van der Waals surface area (Å²) >= 11 is 0. The Hall–Kier alpha value is -2.04. The summed E-state index contributed by atoms with van der Waals surface area (Å²) in [5.74, 6) is -1.53. The summed E-state index contributed by atoms with van der Waals surface area (Å²) in [6.45, 7) is 0.421. The number of likely N-dealkylation sites (tertiary alicyclic amines) is 1. The van der Waals surface area contributed by atoms with Crippen LogP contribution in [0.4, 0.5) is 0 Å². The molecule has 2 N–H and O–H groups in total. The third-order valence-electron chi connectivity index (χ3n) is 2.93. The maximum Gasteiger partial charge on any atom is 0.326 e. The fourth-order valence-electron chi connectivity index (χ4n) is 2.08. The number of carboxylic acids is 1. The third kappa shape index (κ3) is 2.08. The van der Waals surface area contributed by atoms with Crippen molar-refractivity contribution in [3.05, 3.63) is 29.8 Å². The van der Waals surface area contributed by atoms with Gasteiger partial charge in [-0.25, -0.2) is 4.79 Å². The Labute approximate surface area is 98.3 Å². The van der Waals surface area contributed by atoms with E-state index in [9.17, 15) is 14.7 Å². The molecule has 17 heavy (non-hydrogen) atoms. The zero-order chi connectivity index (χ0) is 12.4. The third-order valence-corrected chi connectivity index (χ3v) is 2.93. The van der Waals surface area contributed by atoms with E-state index in [0.717, 1.165) is 0 Å². The molecule has 1 fully saturated rings. The lowest BCUT2D eigenvalue weighted by Gasteiger charge is -2.21. The lowest BCUT2D eigenvalue weighted by atomic mass is 10.1. The van der Waals surface area contributed by atoms with E-state index in [1.165, 1.54) is 17.0 Å². The number of benzene rings is 1. The minimum Gasteiger partial charge on any atom is -0.507 e. The van der Waals surface area contributed by atoms with Gasteiger partial charge >= 0.3 is 5.97 Å². The van der Waals surface area contributed by atoms with Crippen LogP contribution >= 0.6 is 0 Å². The summed E-state index contributed by atoms with van der Waals surface area (Å²) in [5.41, 5.74) is 0.153. The van der Waals surface area contributed by atoms with Gasteiger partial charge in [0.25, 0.3) is 5.91 Å². The van der Waals surface area contributed by atoms with Crippen LogP contribution in [0.2, 0.25) is 0 Å². The molecule has 0 aliphatic carbocycles. The molecule has 0 radical (unpaired) electrons. The fourth-order valence-corrected chi connectivity index (χ4v) is 2.08. The normalized spacial score (nSPS) is 19.3. The van der Waals surface area contributed by atoms with Crippen LogP contribution < -0.4 is 0 Å². The molecule has 1 aliphatic rings. The first-order chi connectivity index (χ1) is 8.11. The number of rotatable bonds is 2. The number of carboxylic acid groups (broad SMARTS) is 1. The maximum absolute atomic E-state index is 12.1. The molecule has 0 saturated carbocycles. The summed E-state index contributed by atoms with van der Waals surface area (Å²) in [5, 5.41) is 18.6. The van der Waals surface area contributed by atoms with Crippen molar-refractivity contribution in [2.24, 2.45) is 0 Å². The second-order valence-corrected chi connectivity index (χ2v) is 4.01. The van der Waals surface area contributed by atoms with Gasteiger partial charge in [0.1, 0.15) is 11.8 Å². The average molecular weight is 235 g/mol. The van der Waals surface area contributed by atoms with Gasteiger partial charge in [0.2, 0.25) is 0 Å². The van der Waals surface area contributed by atoms with Gasteiger partial charge in [0, 0.05) is 6.54 Å². The molecule has 5 nitrogen and oxygen atoms in total. The zero-order valence-electron chi connectivity index (χ0n) is 9.17. The van der Waals surface area contributed by atoms with Crippen molar-refractivity contribution in [1.29, 1.82) is 0 Å². The van der Waals surface area contributed by atoms with Crippen molar-refractivity contribution >= 4 is 11.9 Å². The smallest absolute Gasteiger partial charge is 0.326 e. The van der Waals surface area contributed by atoms with Crippen molar-refractivity contribution in [2.75, 3.05) is 6.54 Å². The van der Waals surface area contributed by atoms with Crippen LogP contribution in [0, 0.1) is 0 Å². The van der Waals surface area contributed by atoms with Crippen LogP contribution in [0.25, 0.3) is 0 Å². The van der Waals surface area contributed by atoms with Crippen LogP contribution in [0.3, 0.4) is 0 Å². The minimum absolute atomic E-state index is 0.117. The van der Waals surface area contributed by atoms with Gasteiger partial charge in [-0.15, -0.1) is 0 Å². The summed E-state index contributed by atoms with van der Waals surface area (Å²) < 4.78 is 0. The van der Waals surface area contributed by atoms with Crippen molar-refractivity contribution in [3.8, 4) is 5.75 Å². The zero-order valence-corrected chi connectivity index (χ0v) is 9.17. The molecule has 0 bridgehead atoms. The monoisotopic (exact) mass is 235 g/mol. The number of hydrogen-bond donors (Lipinski definition) is 2. The van der Waals surface area contributed by atoms with Gasteiger partial charge in [-0.2, -0.15) is 0 Å². The van der Waals surface area contributed by atoms with Gasteiger partial charge in [0.05, 0.1) is 5.56 Å². The largest absolute Gasteiger partial charge is 0.507 e. The number of para-hydroxylation sites is 1. The van der Waals surface area contributed by atoms with E-state index in [1.54, 1.807) is 12.1 Å². The molecule has 1 saturated heterocycles. The second kappa shape index (κ2) is 4.45. The highest BCUT2D eigenvalue weighted by molar-refractivity contribution is 5.99. The standard InChI is InChI=1S/C12H13NO4/c14-10-6-2-1-4-8(10)11(15)13-7-3-5-9(13)12(16)17/h1-2,4,6,9,14H,3,5,7H2,(H,16,17)/t9-/m0/s1. The number of hydrogen-bond acceptors (Lipinski definition) is 3. The highest BCUT2D eigenvalue weighted by Gasteiger charge is 2.35. The van der Waals surface area contributed by atoms with Crippen LogP contribution in [0.1, 0.15) is 23.2 Å². The summed E-state index contributed by atoms with van der Waals surface area (Å²) in [6, 6.07) is 5.39. The van der Waals surface area contributed by atoms with E-state index in [-0.39, 0.29) is 11.3 Å².